The minimum Gasteiger partial charge on any atom is -0.493 e. The van der Waals surface area contributed by atoms with Crippen molar-refractivity contribution in [1.82, 2.24) is 14.5 Å². The lowest BCUT2D eigenvalue weighted by Gasteiger charge is -2.12. The number of hydrogen-bond acceptors (Lipinski definition) is 7. The molecule has 0 aliphatic heterocycles. The van der Waals surface area contributed by atoms with Crippen molar-refractivity contribution in [2.24, 2.45) is 5.92 Å². The van der Waals surface area contributed by atoms with Crippen LogP contribution < -0.4 is 15.2 Å². The Hall–Kier alpha value is -3.81. The zero-order chi connectivity index (χ0) is 22.8. The highest BCUT2D eigenvalue weighted by atomic mass is 16.5. The molecule has 32 heavy (non-hydrogen) atoms. The number of esters is 1. The largest absolute Gasteiger partial charge is 0.493 e. The minimum atomic E-state index is -0.517. The highest BCUT2D eigenvalue weighted by molar-refractivity contribution is 6.09. The van der Waals surface area contributed by atoms with E-state index in [0.717, 1.165) is 6.42 Å². The Morgan fingerprint density at radius 2 is 1.75 bits per heavy atom. The van der Waals surface area contributed by atoms with Crippen molar-refractivity contribution in [2.45, 2.75) is 20.3 Å². The topological polar surface area (TPSA) is 101 Å². The first-order valence-corrected chi connectivity index (χ1v) is 10.4. The smallest absolute Gasteiger partial charge is 0.344 e. The maximum atomic E-state index is 13.1. The van der Waals surface area contributed by atoms with Crippen LogP contribution in [-0.4, -0.2) is 41.3 Å². The fraction of sp³-hybridized carbons (Fsp3) is 0.292. The number of benzene rings is 2. The Kier molecular flexibility index (Phi) is 5.85. The van der Waals surface area contributed by atoms with Crippen LogP contribution in [0.4, 0.5) is 5.82 Å². The molecular weight excluding hydrogens is 408 g/mol. The molecule has 8 nitrogen and oxygen atoms in total. The maximum Gasteiger partial charge on any atom is 0.344 e. The number of aromatic nitrogens is 3. The molecule has 0 bridgehead atoms. The van der Waals surface area contributed by atoms with Crippen LogP contribution in [0.3, 0.4) is 0 Å². The Bertz CT molecular complexity index is 1300. The number of nitrogens with zero attached hydrogens (tertiary/aromatic N) is 3. The number of carbonyl (C=O) groups is 1. The summed E-state index contributed by atoms with van der Waals surface area (Å²) in [5.41, 5.74) is 9.61. The first-order valence-electron chi connectivity index (χ1n) is 10.4. The molecule has 0 saturated carbocycles. The van der Waals surface area contributed by atoms with E-state index in [-0.39, 0.29) is 17.3 Å². The molecule has 8 heteroatoms. The van der Waals surface area contributed by atoms with E-state index >= 15 is 0 Å². The first-order chi connectivity index (χ1) is 15.5. The van der Waals surface area contributed by atoms with Crippen molar-refractivity contribution in [3.05, 3.63) is 48.0 Å². The van der Waals surface area contributed by atoms with Gasteiger partial charge in [0.15, 0.2) is 17.1 Å². The lowest BCUT2D eigenvalue weighted by Crippen LogP contribution is -2.13. The lowest BCUT2D eigenvalue weighted by atomic mass is 10.1. The quantitative estimate of drug-likeness (QED) is 0.431. The molecule has 166 valence electrons. The number of ether oxygens (including phenoxy) is 3. The molecule has 4 rings (SSSR count). The SMILES string of the molecule is CC[C@H](C)COC(=O)c1c(N)n(-c2ccc(OC)c(OC)c2)c2nc3ccccc3nc12. The van der Waals surface area contributed by atoms with Gasteiger partial charge >= 0.3 is 5.97 Å². The number of methoxy groups -OCH3 is 2. The Morgan fingerprint density at radius 1 is 1.06 bits per heavy atom. The van der Waals surface area contributed by atoms with Crippen LogP contribution in [-0.2, 0) is 4.74 Å². The summed E-state index contributed by atoms with van der Waals surface area (Å²) >= 11 is 0. The summed E-state index contributed by atoms with van der Waals surface area (Å²) in [6.07, 6.45) is 0.903. The Morgan fingerprint density at radius 3 is 2.41 bits per heavy atom. The summed E-state index contributed by atoms with van der Waals surface area (Å²) in [7, 11) is 3.13. The van der Waals surface area contributed by atoms with Crippen LogP contribution in [0.15, 0.2) is 42.5 Å². The Balaban J connectivity index is 1.95. The van der Waals surface area contributed by atoms with Crippen molar-refractivity contribution < 1.29 is 19.0 Å². The second kappa shape index (κ2) is 8.74. The minimum absolute atomic E-state index is 0.205. The van der Waals surface area contributed by atoms with Crippen LogP contribution in [0.1, 0.15) is 30.6 Å². The van der Waals surface area contributed by atoms with Crippen molar-refractivity contribution in [2.75, 3.05) is 26.6 Å². The lowest BCUT2D eigenvalue weighted by molar-refractivity contribution is 0.0450. The van der Waals surface area contributed by atoms with E-state index in [2.05, 4.69) is 0 Å². The number of para-hydroxylation sites is 2. The van der Waals surface area contributed by atoms with Gasteiger partial charge in [0, 0.05) is 6.07 Å². The Labute approximate surface area is 185 Å². The zero-order valence-corrected chi connectivity index (χ0v) is 18.6. The third-order valence-electron chi connectivity index (χ3n) is 5.52. The van der Waals surface area contributed by atoms with E-state index < -0.39 is 5.97 Å². The van der Waals surface area contributed by atoms with Gasteiger partial charge in [0.2, 0.25) is 0 Å². The monoisotopic (exact) mass is 434 g/mol. The molecule has 2 aromatic heterocycles. The van der Waals surface area contributed by atoms with Gasteiger partial charge in [-0.25, -0.2) is 14.8 Å². The molecule has 0 aliphatic rings. The molecule has 0 radical (unpaired) electrons. The number of rotatable bonds is 7. The summed E-state index contributed by atoms with van der Waals surface area (Å²) in [6, 6.07) is 12.8. The highest BCUT2D eigenvalue weighted by Crippen LogP contribution is 2.35. The predicted molar refractivity (Wildman–Crippen MR) is 124 cm³/mol. The molecule has 0 saturated heterocycles. The maximum absolute atomic E-state index is 13.1. The summed E-state index contributed by atoms with van der Waals surface area (Å²) in [5, 5.41) is 0. The number of fused-ring (bicyclic) bond motifs is 2. The highest BCUT2D eigenvalue weighted by Gasteiger charge is 2.26. The van der Waals surface area contributed by atoms with Crippen LogP contribution >= 0.6 is 0 Å². The third-order valence-corrected chi connectivity index (χ3v) is 5.52. The molecule has 0 unspecified atom stereocenters. The van der Waals surface area contributed by atoms with Gasteiger partial charge in [-0.1, -0.05) is 32.4 Å². The van der Waals surface area contributed by atoms with E-state index in [4.69, 9.17) is 29.9 Å². The summed E-state index contributed by atoms with van der Waals surface area (Å²) in [4.78, 5) is 22.6. The van der Waals surface area contributed by atoms with Crippen molar-refractivity contribution >= 4 is 34.0 Å². The van der Waals surface area contributed by atoms with Crippen molar-refractivity contribution in [1.29, 1.82) is 0 Å². The predicted octanol–water partition coefficient (Wildman–Crippen LogP) is 4.38. The average Bonchev–Trinajstić information content (AvgIpc) is 3.10. The summed E-state index contributed by atoms with van der Waals surface area (Å²) < 4.78 is 18.0. The van der Waals surface area contributed by atoms with Gasteiger partial charge < -0.3 is 19.9 Å². The number of hydrogen-bond donors (Lipinski definition) is 1. The van der Waals surface area contributed by atoms with Gasteiger partial charge in [-0.15, -0.1) is 0 Å². The fourth-order valence-electron chi connectivity index (χ4n) is 3.50. The van der Waals surface area contributed by atoms with E-state index in [1.165, 1.54) is 0 Å². The molecule has 0 aliphatic carbocycles. The molecule has 0 amide bonds. The zero-order valence-electron chi connectivity index (χ0n) is 18.6. The molecular formula is C24H26N4O4. The first kappa shape index (κ1) is 21.4. The fourth-order valence-corrected chi connectivity index (χ4v) is 3.50. The van der Waals surface area contributed by atoms with Gasteiger partial charge in [-0.3, -0.25) is 4.57 Å². The van der Waals surface area contributed by atoms with Crippen molar-refractivity contribution in [3.8, 4) is 17.2 Å². The second-order valence-corrected chi connectivity index (χ2v) is 7.63. The number of nitrogen functional groups attached to an aromatic ring is 1. The van der Waals surface area contributed by atoms with Crippen LogP contribution in [0.5, 0.6) is 11.5 Å². The average molecular weight is 434 g/mol. The second-order valence-electron chi connectivity index (χ2n) is 7.63. The van der Waals surface area contributed by atoms with Crippen LogP contribution in [0.25, 0.3) is 27.9 Å². The normalized spacial score (nSPS) is 12.1. The molecule has 2 N–H and O–H groups in total. The summed E-state index contributed by atoms with van der Waals surface area (Å²) in [6.45, 7) is 4.38. The van der Waals surface area contributed by atoms with E-state index in [9.17, 15) is 4.79 Å². The van der Waals surface area contributed by atoms with Gasteiger partial charge in [-0.2, -0.15) is 0 Å². The number of nitrogens with two attached hydrogens (primary N) is 1. The van der Waals surface area contributed by atoms with Crippen molar-refractivity contribution in [3.63, 3.8) is 0 Å². The molecule has 2 aromatic carbocycles. The molecule has 0 spiro atoms. The van der Waals surface area contributed by atoms with Gasteiger partial charge in [0.05, 0.1) is 37.5 Å². The van der Waals surface area contributed by atoms with Gasteiger partial charge in [0.1, 0.15) is 16.9 Å². The molecule has 4 aromatic rings. The third kappa shape index (κ3) is 3.68. The van der Waals surface area contributed by atoms with E-state index in [1.807, 2.05) is 44.2 Å². The van der Waals surface area contributed by atoms with E-state index in [1.54, 1.807) is 30.9 Å². The summed E-state index contributed by atoms with van der Waals surface area (Å²) in [5.74, 6) is 1.04. The van der Waals surface area contributed by atoms with Crippen LogP contribution in [0, 0.1) is 5.92 Å². The number of anilines is 1. The molecule has 0 fully saturated rings. The van der Waals surface area contributed by atoms with E-state index in [0.29, 0.717) is 46.0 Å². The molecule has 2 heterocycles. The number of carbonyl (C=O) groups excluding carboxylic acids is 1. The van der Waals surface area contributed by atoms with Crippen LogP contribution in [0.2, 0.25) is 0 Å². The van der Waals surface area contributed by atoms with Gasteiger partial charge in [-0.05, 0) is 30.2 Å². The standard InChI is InChI=1S/C24H26N4O4/c1-5-14(2)13-32-24(29)20-21-23(27-17-9-7-6-8-16(17)26-21)28(22(20)25)15-10-11-18(30-3)19(12-15)31-4/h6-12,14H,5,13,25H2,1-4H3/t14-/m0/s1. The van der Waals surface area contributed by atoms with Gasteiger partial charge in [0.25, 0.3) is 0 Å². The molecule has 1 atom stereocenters.